The molecule has 0 bridgehead atoms. The number of aliphatic carboxylic acids is 1. The normalized spacial score (nSPS) is 14.3. The highest BCUT2D eigenvalue weighted by Gasteiger charge is 2.31. The standard InChI is InChI=1S/C12H10F5NO3/c13-5-8(11(20)21)18-10(19)9(14)6-1-3-7(4-2-6)12(15,16)17/h1-4,8-9H,5H2,(H,18,19)(H,20,21). The number of nitrogens with one attached hydrogen (secondary N) is 1. The number of halogens is 5. The van der Waals surface area contributed by atoms with Crippen molar-refractivity contribution in [1.29, 1.82) is 0 Å². The number of rotatable bonds is 5. The van der Waals surface area contributed by atoms with Gasteiger partial charge in [-0.2, -0.15) is 13.2 Å². The van der Waals surface area contributed by atoms with Crippen molar-refractivity contribution in [3.05, 3.63) is 35.4 Å². The molecule has 1 amide bonds. The van der Waals surface area contributed by atoms with Crippen molar-refractivity contribution in [2.75, 3.05) is 6.67 Å². The molecule has 1 aromatic carbocycles. The van der Waals surface area contributed by atoms with Gasteiger partial charge in [-0.1, -0.05) is 12.1 Å². The van der Waals surface area contributed by atoms with E-state index in [0.717, 1.165) is 12.1 Å². The number of alkyl halides is 5. The van der Waals surface area contributed by atoms with Crippen LogP contribution in [0.3, 0.4) is 0 Å². The highest BCUT2D eigenvalue weighted by Crippen LogP contribution is 2.30. The van der Waals surface area contributed by atoms with Crippen LogP contribution in [0.2, 0.25) is 0 Å². The first-order chi connectivity index (χ1) is 9.66. The second-order valence-electron chi connectivity index (χ2n) is 4.04. The monoisotopic (exact) mass is 311 g/mol. The molecule has 2 N–H and O–H groups in total. The van der Waals surface area contributed by atoms with E-state index in [1.165, 1.54) is 0 Å². The van der Waals surface area contributed by atoms with Crippen LogP contribution in [0, 0.1) is 0 Å². The lowest BCUT2D eigenvalue weighted by molar-refractivity contribution is -0.143. The third-order valence-electron chi connectivity index (χ3n) is 2.53. The Morgan fingerprint density at radius 3 is 2.10 bits per heavy atom. The molecule has 0 fully saturated rings. The highest BCUT2D eigenvalue weighted by molar-refractivity contribution is 5.87. The summed E-state index contributed by atoms with van der Waals surface area (Å²) in [4.78, 5) is 21.8. The fourth-order valence-electron chi connectivity index (χ4n) is 1.40. The Kier molecular flexibility index (Phi) is 5.23. The van der Waals surface area contributed by atoms with Gasteiger partial charge in [0, 0.05) is 0 Å². The predicted molar refractivity (Wildman–Crippen MR) is 60.8 cm³/mol. The van der Waals surface area contributed by atoms with E-state index in [1.807, 2.05) is 0 Å². The third kappa shape index (κ3) is 4.40. The van der Waals surface area contributed by atoms with Crippen molar-refractivity contribution in [3.63, 3.8) is 0 Å². The summed E-state index contributed by atoms with van der Waals surface area (Å²) < 4.78 is 62.9. The molecule has 116 valence electrons. The lowest BCUT2D eigenvalue weighted by Crippen LogP contribution is -2.43. The lowest BCUT2D eigenvalue weighted by atomic mass is 10.1. The second-order valence-corrected chi connectivity index (χ2v) is 4.04. The van der Waals surface area contributed by atoms with Crippen molar-refractivity contribution >= 4 is 11.9 Å². The Balaban J connectivity index is 2.81. The number of benzene rings is 1. The summed E-state index contributed by atoms with van der Waals surface area (Å²) in [6.45, 7) is -1.44. The van der Waals surface area contributed by atoms with Crippen molar-refractivity contribution in [2.45, 2.75) is 18.4 Å². The van der Waals surface area contributed by atoms with Gasteiger partial charge >= 0.3 is 12.1 Å². The number of carbonyl (C=O) groups excluding carboxylic acids is 1. The molecule has 21 heavy (non-hydrogen) atoms. The lowest BCUT2D eigenvalue weighted by Gasteiger charge is -2.14. The molecule has 0 aliphatic heterocycles. The van der Waals surface area contributed by atoms with Gasteiger partial charge in [0.2, 0.25) is 6.17 Å². The van der Waals surface area contributed by atoms with Crippen molar-refractivity contribution < 1.29 is 36.6 Å². The van der Waals surface area contributed by atoms with Crippen LogP contribution in [0.5, 0.6) is 0 Å². The first kappa shape index (κ1) is 16.9. The summed E-state index contributed by atoms with van der Waals surface area (Å²) in [6.07, 6.45) is -7.00. The molecule has 0 saturated heterocycles. The van der Waals surface area contributed by atoms with Gasteiger partial charge in [0.05, 0.1) is 5.56 Å². The van der Waals surface area contributed by atoms with Crippen molar-refractivity contribution in [3.8, 4) is 0 Å². The highest BCUT2D eigenvalue weighted by atomic mass is 19.4. The van der Waals surface area contributed by atoms with Gasteiger partial charge in [-0.3, -0.25) is 4.79 Å². The van der Waals surface area contributed by atoms with Gasteiger partial charge in [0.25, 0.3) is 5.91 Å². The Morgan fingerprint density at radius 1 is 1.19 bits per heavy atom. The summed E-state index contributed by atoms with van der Waals surface area (Å²) in [6, 6.07) is 0.749. The third-order valence-corrected chi connectivity index (χ3v) is 2.53. The predicted octanol–water partition coefficient (Wildman–Crippen LogP) is 2.25. The Hall–Kier alpha value is -2.19. The quantitative estimate of drug-likeness (QED) is 0.820. The van der Waals surface area contributed by atoms with Crippen LogP contribution in [0.25, 0.3) is 0 Å². The zero-order valence-corrected chi connectivity index (χ0v) is 10.3. The molecule has 2 unspecified atom stereocenters. The van der Waals surface area contributed by atoms with Gasteiger partial charge in [-0.25, -0.2) is 13.6 Å². The molecule has 0 radical (unpaired) electrons. The second kappa shape index (κ2) is 6.51. The average molecular weight is 311 g/mol. The Morgan fingerprint density at radius 2 is 1.71 bits per heavy atom. The average Bonchev–Trinajstić information content (AvgIpc) is 2.42. The van der Waals surface area contributed by atoms with Gasteiger partial charge in [0.1, 0.15) is 6.67 Å². The minimum Gasteiger partial charge on any atom is -0.480 e. The molecule has 1 rings (SSSR count). The first-order valence-corrected chi connectivity index (χ1v) is 5.57. The van der Waals surface area contributed by atoms with Crippen LogP contribution in [-0.4, -0.2) is 29.7 Å². The van der Waals surface area contributed by atoms with E-state index in [9.17, 15) is 31.5 Å². The number of amides is 1. The van der Waals surface area contributed by atoms with E-state index in [2.05, 4.69) is 0 Å². The minimum atomic E-state index is -4.60. The SMILES string of the molecule is O=C(O)C(CF)NC(=O)C(F)c1ccc(C(F)(F)F)cc1. The topological polar surface area (TPSA) is 66.4 Å². The molecule has 4 nitrogen and oxygen atoms in total. The summed E-state index contributed by atoms with van der Waals surface area (Å²) in [5.74, 6) is -3.13. The van der Waals surface area contributed by atoms with Crippen LogP contribution in [0.1, 0.15) is 17.3 Å². The van der Waals surface area contributed by atoms with E-state index in [0.29, 0.717) is 12.1 Å². The van der Waals surface area contributed by atoms with Crippen LogP contribution >= 0.6 is 0 Å². The minimum absolute atomic E-state index is 0.400. The van der Waals surface area contributed by atoms with Gasteiger partial charge in [0.15, 0.2) is 6.04 Å². The number of carboxylic acids is 1. The molecule has 0 saturated carbocycles. The Bertz CT molecular complexity index is 515. The molecule has 0 spiro atoms. The van der Waals surface area contributed by atoms with Gasteiger partial charge in [-0.15, -0.1) is 0 Å². The van der Waals surface area contributed by atoms with E-state index in [4.69, 9.17) is 5.11 Å². The van der Waals surface area contributed by atoms with Crippen molar-refractivity contribution in [2.24, 2.45) is 0 Å². The summed E-state index contributed by atoms with van der Waals surface area (Å²) >= 11 is 0. The molecule has 1 aromatic rings. The molecular weight excluding hydrogens is 301 g/mol. The summed E-state index contributed by atoms with van der Waals surface area (Å²) in [7, 11) is 0. The maximum atomic E-state index is 13.7. The first-order valence-electron chi connectivity index (χ1n) is 5.57. The zero-order chi connectivity index (χ0) is 16.2. The smallest absolute Gasteiger partial charge is 0.416 e. The number of carboxylic acid groups (broad SMARTS) is 1. The van der Waals surface area contributed by atoms with E-state index in [-0.39, 0.29) is 0 Å². The van der Waals surface area contributed by atoms with Crippen LogP contribution in [0.15, 0.2) is 24.3 Å². The maximum Gasteiger partial charge on any atom is 0.416 e. The fourth-order valence-corrected chi connectivity index (χ4v) is 1.40. The molecule has 0 aromatic heterocycles. The number of hydrogen-bond acceptors (Lipinski definition) is 2. The fraction of sp³-hybridized carbons (Fsp3) is 0.333. The van der Waals surface area contributed by atoms with Crippen molar-refractivity contribution in [1.82, 2.24) is 5.32 Å². The molecule has 2 atom stereocenters. The van der Waals surface area contributed by atoms with Gasteiger partial charge in [-0.05, 0) is 17.7 Å². The molecule has 0 aliphatic rings. The molecule has 0 heterocycles. The molecule has 9 heteroatoms. The maximum absolute atomic E-state index is 13.7. The number of hydrogen-bond donors (Lipinski definition) is 2. The molecule has 0 aliphatic carbocycles. The van der Waals surface area contributed by atoms with Crippen LogP contribution in [-0.2, 0) is 15.8 Å². The Labute approximate surface area is 115 Å². The number of carbonyl (C=O) groups is 2. The summed E-state index contributed by atoms with van der Waals surface area (Å²) in [5.41, 5.74) is -1.42. The molecular formula is C12H10F5NO3. The van der Waals surface area contributed by atoms with E-state index >= 15 is 0 Å². The van der Waals surface area contributed by atoms with E-state index < -0.39 is 48.1 Å². The van der Waals surface area contributed by atoms with Gasteiger partial charge < -0.3 is 10.4 Å². The largest absolute Gasteiger partial charge is 0.480 e. The van der Waals surface area contributed by atoms with Crippen LogP contribution in [0.4, 0.5) is 22.0 Å². The zero-order valence-electron chi connectivity index (χ0n) is 10.3. The van der Waals surface area contributed by atoms with Crippen LogP contribution < -0.4 is 5.32 Å². The summed E-state index contributed by atoms with van der Waals surface area (Å²) in [5, 5.41) is 10.1. The van der Waals surface area contributed by atoms with E-state index in [1.54, 1.807) is 5.32 Å².